The maximum atomic E-state index is 11.9. The fraction of sp³-hybridized carbons (Fsp3) is 0.375. The molecule has 2 aromatic rings. The van der Waals surface area contributed by atoms with Crippen LogP contribution in [0.25, 0.3) is 0 Å². The van der Waals surface area contributed by atoms with Gasteiger partial charge in [0.15, 0.2) is 0 Å². The normalized spacial score (nSPS) is 20.6. The Morgan fingerprint density at radius 3 is 2.90 bits per heavy atom. The summed E-state index contributed by atoms with van der Waals surface area (Å²) in [5.74, 6) is 0.248. The number of ether oxygens (including phenoxy) is 1. The number of benzene rings is 1. The minimum Gasteiger partial charge on any atom is -0.465 e. The second-order valence-corrected chi connectivity index (χ2v) is 5.30. The van der Waals surface area contributed by atoms with E-state index >= 15 is 0 Å². The molecule has 0 aliphatic heterocycles. The van der Waals surface area contributed by atoms with Crippen LogP contribution in [0.15, 0.2) is 42.7 Å². The number of hydrogen-bond donors (Lipinski definition) is 0. The van der Waals surface area contributed by atoms with Crippen molar-refractivity contribution >= 4 is 5.97 Å². The summed E-state index contributed by atoms with van der Waals surface area (Å²) in [7, 11) is 1.89. The van der Waals surface area contributed by atoms with Gasteiger partial charge in [0.2, 0.25) is 0 Å². The molecule has 4 nitrogen and oxygen atoms in total. The Labute approximate surface area is 118 Å². The molecular formula is C16H18N2O2. The maximum absolute atomic E-state index is 11.9. The number of carbonyl (C=O) groups is 1. The van der Waals surface area contributed by atoms with Crippen molar-refractivity contribution in [1.82, 2.24) is 9.78 Å². The second-order valence-electron chi connectivity index (χ2n) is 5.30. The van der Waals surface area contributed by atoms with Gasteiger partial charge in [0.1, 0.15) is 0 Å². The highest BCUT2D eigenvalue weighted by Crippen LogP contribution is 2.47. The number of carbonyl (C=O) groups excluding carboxylic acids is 1. The van der Waals surface area contributed by atoms with Crippen LogP contribution in [0.5, 0.6) is 0 Å². The molecule has 1 aliphatic rings. The lowest BCUT2D eigenvalue weighted by atomic mass is 10.2. The molecule has 3 rings (SSSR count). The van der Waals surface area contributed by atoms with Crippen molar-refractivity contribution in [3.63, 3.8) is 0 Å². The Hall–Kier alpha value is -2.10. The van der Waals surface area contributed by atoms with Crippen LogP contribution in [-0.2, 0) is 23.0 Å². The zero-order valence-electron chi connectivity index (χ0n) is 11.5. The Balaban J connectivity index is 1.45. The van der Waals surface area contributed by atoms with Gasteiger partial charge in [0, 0.05) is 25.6 Å². The average Bonchev–Trinajstić information content (AvgIpc) is 3.15. The van der Waals surface area contributed by atoms with E-state index in [2.05, 4.69) is 5.10 Å². The fourth-order valence-corrected chi connectivity index (χ4v) is 2.48. The van der Waals surface area contributed by atoms with E-state index in [1.54, 1.807) is 4.68 Å². The molecule has 0 amide bonds. The van der Waals surface area contributed by atoms with E-state index in [9.17, 15) is 4.79 Å². The molecule has 20 heavy (non-hydrogen) atoms. The molecule has 0 unspecified atom stereocenters. The Kier molecular flexibility index (Phi) is 3.54. The van der Waals surface area contributed by atoms with Crippen LogP contribution in [0.2, 0.25) is 0 Å². The summed E-state index contributed by atoms with van der Waals surface area (Å²) < 4.78 is 7.13. The molecule has 1 heterocycles. The van der Waals surface area contributed by atoms with Crippen molar-refractivity contribution in [2.75, 3.05) is 6.61 Å². The third-order valence-corrected chi connectivity index (χ3v) is 3.72. The molecule has 1 fully saturated rings. The van der Waals surface area contributed by atoms with E-state index in [4.69, 9.17) is 4.74 Å². The second kappa shape index (κ2) is 5.49. The van der Waals surface area contributed by atoms with Gasteiger partial charge >= 0.3 is 5.97 Å². The highest BCUT2D eigenvalue weighted by Gasteiger charge is 2.45. The van der Waals surface area contributed by atoms with Gasteiger partial charge in [-0.15, -0.1) is 0 Å². The topological polar surface area (TPSA) is 44.1 Å². The summed E-state index contributed by atoms with van der Waals surface area (Å²) in [6.07, 6.45) is 5.47. The maximum Gasteiger partial charge on any atom is 0.309 e. The van der Waals surface area contributed by atoms with Gasteiger partial charge in [-0.05, 0) is 17.5 Å². The van der Waals surface area contributed by atoms with Gasteiger partial charge in [-0.2, -0.15) is 5.10 Å². The predicted octanol–water partition coefficient (Wildman–Crippen LogP) is 2.31. The first-order chi connectivity index (χ1) is 9.74. The van der Waals surface area contributed by atoms with E-state index in [-0.39, 0.29) is 11.9 Å². The van der Waals surface area contributed by atoms with Crippen LogP contribution in [0.1, 0.15) is 23.5 Å². The lowest BCUT2D eigenvalue weighted by Gasteiger charge is -2.04. The first kappa shape index (κ1) is 12.9. The van der Waals surface area contributed by atoms with E-state index in [0.29, 0.717) is 12.5 Å². The highest BCUT2D eigenvalue weighted by molar-refractivity contribution is 5.77. The molecular weight excluding hydrogens is 252 g/mol. The number of aryl methyl sites for hydroxylation is 1. The molecule has 1 aromatic carbocycles. The molecule has 1 aromatic heterocycles. The van der Waals surface area contributed by atoms with Crippen LogP contribution in [0, 0.1) is 5.92 Å². The number of hydrogen-bond acceptors (Lipinski definition) is 3. The first-order valence-corrected chi connectivity index (χ1v) is 6.93. The Bertz CT molecular complexity index is 592. The third-order valence-electron chi connectivity index (χ3n) is 3.72. The highest BCUT2D eigenvalue weighted by atomic mass is 16.5. The fourth-order valence-electron chi connectivity index (χ4n) is 2.48. The zero-order chi connectivity index (χ0) is 13.9. The van der Waals surface area contributed by atoms with Gasteiger partial charge in [-0.25, -0.2) is 0 Å². The van der Waals surface area contributed by atoms with Crippen molar-refractivity contribution in [3.05, 3.63) is 53.9 Å². The summed E-state index contributed by atoms with van der Waals surface area (Å²) in [6.45, 7) is 0.457. The van der Waals surface area contributed by atoms with Crippen molar-refractivity contribution in [2.45, 2.75) is 18.8 Å². The van der Waals surface area contributed by atoms with Crippen LogP contribution in [0.4, 0.5) is 0 Å². The predicted molar refractivity (Wildman–Crippen MR) is 75.2 cm³/mol. The third kappa shape index (κ3) is 2.90. The Morgan fingerprint density at radius 1 is 1.40 bits per heavy atom. The molecule has 0 radical (unpaired) electrons. The van der Waals surface area contributed by atoms with E-state index in [1.807, 2.05) is 49.8 Å². The van der Waals surface area contributed by atoms with Crippen LogP contribution >= 0.6 is 0 Å². The number of esters is 1. The van der Waals surface area contributed by atoms with Gasteiger partial charge in [-0.1, -0.05) is 30.3 Å². The minimum absolute atomic E-state index is 0.0231. The molecule has 104 valence electrons. The summed E-state index contributed by atoms with van der Waals surface area (Å²) >= 11 is 0. The van der Waals surface area contributed by atoms with Crippen LogP contribution < -0.4 is 0 Å². The molecule has 4 heteroatoms. The summed E-state index contributed by atoms with van der Waals surface area (Å²) in [5, 5.41) is 4.14. The summed E-state index contributed by atoms with van der Waals surface area (Å²) in [6, 6.07) is 10.1. The smallest absolute Gasteiger partial charge is 0.309 e. The molecule has 0 N–H and O–H groups in total. The van der Waals surface area contributed by atoms with Crippen molar-refractivity contribution in [3.8, 4) is 0 Å². The molecule has 0 saturated heterocycles. The molecule has 0 spiro atoms. The molecule has 2 atom stereocenters. The van der Waals surface area contributed by atoms with Gasteiger partial charge in [0.25, 0.3) is 0 Å². The summed E-state index contributed by atoms with van der Waals surface area (Å²) in [4.78, 5) is 11.9. The quantitative estimate of drug-likeness (QED) is 0.783. The number of nitrogens with zero attached hydrogens (tertiary/aromatic N) is 2. The van der Waals surface area contributed by atoms with Crippen LogP contribution in [-0.4, -0.2) is 22.4 Å². The average molecular weight is 270 g/mol. The SMILES string of the molecule is Cn1cc([C@H]2C[C@H]2C(=O)OCCc2ccccc2)cn1. The van der Waals surface area contributed by atoms with Crippen LogP contribution in [0.3, 0.4) is 0 Å². The van der Waals surface area contributed by atoms with Crippen molar-refractivity contribution in [2.24, 2.45) is 13.0 Å². The molecule has 1 saturated carbocycles. The monoisotopic (exact) mass is 270 g/mol. The molecule has 1 aliphatic carbocycles. The standard InChI is InChI=1S/C16H18N2O2/c1-18-11-13(10-17-18)14-9-15(14)16(19)20-8-7-12-5-3-2-4-6-12/h2-6,10-11,14-15H,7-9H2,1H3/t14-,15-/m1/s1. The largest absolute Gasteiger partial charge is 0.465 e. The summed E-state index contributed by atoms with van der Waals surface area (Å²) in [5.41, 5.74) is 2.33. The van der Waals surface area contributed by atoms with E-state index < -0.39 is 0 Å². The van der Waals surface area contributed by atoms with Crippen molar-refractivity contribution in [1.29, 1.82) is 0 Å². The van der Waals surface area contributed by atoms with E-state index in [1.165, 1.54) is 5.56 Å². The number of rotatable bonds is 5. The van der Waals surface area contributed by atoms with E-state index in [0.717, 1.165) is 18.4 Å². The lowest BCUT2D eigenvalue weighted by molar-refractivity contribution is -0.145. The first-order valence-electron chi connectivity index (χ1n) is 6.93. The van der Waals surface area contributed by atoms with Gasteiger partial charge in [-0.3, -0.25) is 9.48 Å². The number of aromatic nitrogens is 2. The minimum atomic E-state index is -0.0743. The van der Waals surface area contributed by atoms with Crippen molar-refractivity contribution < 1.29 is 9.53 Å². The molecule has 0 bridgehead atoms. The van der Waals surface area contributed by atoms with Gasteiger partial charge in [0.05, 0.1) is 18.7 Å². The lowest BCUT2D eigenvalue weighted by Crippen LogP contribution is -2.10. The van der Waals surface area contributed by atoms with Gasteiger partial charge < -0.3 is 4.74 Å². The Morgan fingerprint density at radius 2 is 2.20 bits per heavy atom. The zero-order valence-corrected chi connectivity index (χ0v) is 11.5.